The normalized spacial score (nSPS) is 12.9. The second kappa shape index (κ2) is 20.5. The maximum absolute atomic E-state index is 11.4. The van der Waals surface area contributed by atoms with Crippen molar-refractivity contribution in [2.45, 2.75) is 62.8 Å². The van der Waals surface area contributed by atoms with Crippen molar-refractivity contribution in [2.75, 3.05) is 34.6 Å². The number of aryl methyl sites for hydroxylation is 4. The molecule has 9 rings (SSSR count). The summed E-state index contributed by atoms with van der Waals surface area (Å²) in [7, 11) is 0. The lowest BCUT2D eigenvalue weighted by Gasteiger charge is -2.23. The Morgan fingerprint density at radius 1 is 0.485 bits per heavy atom. The molecule has 0 spiro atoms. The van der Waals surface area contributed by atoms with Gasteiger partial charge < -0.3 is 19.3 Å². The summed E-state index contributed by atoms with van der Waals surface area (Å²) >= 11 is 3.24. The van der Waals surface area contributed by atoms with Gasteiger partial charge in [-0.25, -0.2) is 0 Å². The van der Waals surface area contributed by atoms with Crippen LogP contribution in [-0.2, 0) is 13.1 Å². The Hall–Kier alpha value is -6.30. The number of hydrogen-bond acceptors (Lipinski definition) is 8. The van der Waals surface area contributed by atoms with Gasteiger partial charge in [0.15, 0.2) is 0 Å². The number of thioether (sulfide) groups is 2. The van der Waals surface area contributed by atoms with Crippen molar-refractivity contribution in [1.29, 1.82) is 0 Å². The number of anilines is 2. The molecule has 0 bridgehead atoms. The van der Waals surface area contributed by atoms with Gasteiger partial charge in [0.2, 0.25) is 0 Å². The molecule has 66 heavy (non-hydrogen) atoms. The van der Waals surface area contributed by atoms with E-state index in [0.29, 0.717) is 24.6 Å². The van der Waals surface area contributed by atoms with Crippen molar-refractivity contribution >= 4 is 90.9 Å². The Kier molecular flexibility index (Phi) is 13.9. The molecular weight excluding hydrogens is 853 g/mol. The Morgan fingerprint density at radius 3 is 1.32 bits per heavy atom. The molecule has 0 fully saturated rings. The van der Waals surface area contributed by atoms with Crippen LogP contribution in [0.5, 0.6) is 0 Å². The van der Waals surface area contributed by atoms with Gasteiger partial charge in [-0.2, -0.15) is 10.2 Å². The fourth-order valence-corrected chi connectivity index (χ4v) is 10.5. The van der Waals surface area contributed by atoms with Crippen molar-refractivity contribution in [3.05, 3.63) is 180 Å². The molecule has 0 aliphatic rings. The molecule has 7 aromatic carbocycles. The molecule has 8 nitrogen and oxygen atoms in total. The molecular formula is C56H56N6O2S2. The SMILES string of the molecule is CCn1c2ccccc2c2cc(/C=N/N(CC(O)CSc3cccc(SCC(O)CN(/N=C/c4ccc5c(c4)c4ccccc4n5CC)c4ccc(C)cc4)c3)c3ccc(C)cc3)ccc21. The first-order valence-corrected chi connectivity index (χ1v) is 24.7. The lowest BCUT2D eigenvalue weighted by Crippen LogP contribution is -2.30. The minimum Gasteiger partial charge on any atom is -0.390 e. The molecule has 2 N–H and O–H groups in total. The zero-order chi connectivity index (χ0) is 45.6. The van der Waals surface area contributed by atoms with Crippen molar-refractivity contribution < 1.29 is 10.2 Å². The Morgan fingerprint density at radius 2 is 0.894 bits per heavy atom. The van der Waals surface area contributed by atoms with E-state index in [0.717, 1.165) is 45.4 Å². The maximum atomic E-state index is 11.4. The van der Waals surface area contributed by atoms with E-state index in [-0.39, 0.29) is 0 Å². The summed E-state index contributed by atoms with van der Waals surface area (Å²) in [6, 6.07) is 55.0. The van der Waals surface area contributed by atoms with Gasteiger partial charge in [0.05, 0.1) is 49.1 Å². The van der Waals surface area contributed by atoms with Crippen LogP contribution < -0.4 is 10.0 Å². The van der Waals surface area contributed by atoms with Crippen molar-refractivity contribution in [3.8, 4) is 0 Å². The van der Waals surface area contributed by atoms with Gasteiger partial charge in [0.25, 0.3) is 0 Å². The number of para-hydroxylation sites is 2. The van der Waals surface area contributed by atoms with E-state index >= 15 is 0 Å². The number of benzene rings is 7. The minimum atomic E-state index is -0.649. The van der Waals surface area contributed by atoms with Gasteiger partial charge in [-0.05, 0) is 118 Å². The van der Waals surface area contributed by atoms with E-state index < -0.39 is 12.2 Å². The lowest BCUT2D eigenvalue weighted by atomic mass is 10.1. The Bertz CT molecular complexity index is 2950. The van der Waals surface area contributed by atoms with Crippen LogP contribution in [0.25, 0.3) is 43.6 Å². The molecule has 2 unspecified atom stereocenters. The molecule has 9 aromatic rings. The first-order valence-electron chi connectivity index (χ1n) is 22.7. The number of aliphatic hydroxyl groups is 2. The molecule has 0 saturated heterocycles. The fourth-order valence-electron chi connectivity index (χ4n) is 8.67. The highest BCUT2D eigenvalue weighted by atomic mass is 32.2. The van der Waals surface area contributed by atoms with Crippen LogP contribution in [0.3, 0.4) is 0 Å². The summed E-state index contributed by atoms with van der Waals surface area (Å²) in [5.74, 6) is 0.989. The third-order valence-electron chi connectivity index (χ3n) is 12.0. The van der Waals surface area contributed by atoms with Gasteiger partial charge in [0.1, 0.15) is 0 Å². The molecule has 0 saturated carbocycles. The third-order valence-corrected chi connectivity index (χ3v) is 14.3. The zero-order valence-electron chi connectivity index (χ0n) is 38.0. The highest BCUT2D eigenvalue weighted by Crippen LogP contribution is 2.32. The fraction of sp³-hybridized carbons (Fsp3) is 0.214. The number of rotatable bonds is 18. The third kappa shape index (κ3) is 10.1. The number of hydrazone groups is 2. The van der Waals surface area contributed by atoms with Gasteiger partial charge in [0, 0.05) is 78.0 Å². The van der Waals surface area contributed by atoms with E-state index in [1.165, 1.54) is 54.7 Å². The van der Waals surface area contributed by atoms with Crippen LogP contribution in [-0.4, -0.2) is 68.6 Å². The quantitative estimate of drug-likeness (QED) is 0.0507. The second-order valence-corrected chi connectivity index (χ2v) is 19.0. The number of hydrogen-bond donors (Lipinski definition) is 2. The molecule has 334 valence electrons. The van der Waals surface area contributed by atoms with Gasteiger partial charge >= 0.3 is 0 Å². The Labute approximate surface area is 395 Å². The number of nitrogens with zero attached hydrogens (tertiary/aromatic N) is 6. The minimum absolute atomic E-state index is 0.336. The topological polar surface area (TPSA) is 81.5 Å². The highest BCUT2D eigenvalue weighted by Gasteiger charge is 2.17. The Balaban J connectivity index is 0.839. The molecule has 2 aromatic heterocycles. The predicted molar refractivity (Wildman–Crippen MR) is 282 cm³/mol. The number of aliphatic hydroxyl groups excluding tert-OH is 2. The maximum Gasteiger partial charge on any atom is 0.0830 e. The van der Waals surface area contributed by atoms with Gasteiger partial charge in [-0.3, -0.25) is 10.0 Å². The van der Waals surface area contributed by atoms with Crippen molar-refractivity contribution in [1.82, 2.24) is 9.13 Å². The average Bonchev–Trinajstić information content (AvgIpc) is 3.84. The molecule has 0 amide bonds. The summed E-state index contributed by atoms with van der Waals surface area (Å²) in [6.45, 7) is 11.0. The van der Waals surface area contributed by atoms with E-state index in [9.17, 15) is 10.2 Å². The zero-order valence-corrected chi connectivity index (χ0v) is 39.6. The van der Waals surface area contributed by atoms with E-state index in [1.807, 2.05) is 28.5 Å². The van der Waals surface area contributed by atoms with Crippen LogP contribution in [0.15, 0.2) is 178 Å². The number of fused-ring (bicyclic) bond motifs is 6. The standard InChI is InChI=1S/C56H56N6O2S2/c1-5-59-53-16-9-7-14-49(53)51-30-41(22-28-55(51)59)33-57-61(43-24-18-39(3)19-25-43)35-45(63)37-65-47-12-11-13-48(32-47)66-38-46(64)36-62(44-26-20-40(4)21-27-44)58-34-42-23-29-56-52(31-42)50-15-8-10-17-54(50)60(56)6-2/h7-34,45-46,63-64H,5-6,35-38H2,1-4H3/b57-33+,58-34+. The van der Waals surface area contributed by atoms with Crippen LogP contribution in [0.1, 0.15) is 36.1 Å². The van der Waals surface area contributed by atoms with Crippen molar-refractivity contribution in [3.63, 3.8) is 0 Å². The smallest absolute Gasteiger partial charge is 0.0830 e. The van der Waals surface area contributed by atoms with E-state index in [1.54, 1.807) is 23.5 Å². The van der Waals surface area contributed by atoms with Crippen LogP contribution in [0, 0.1) is 13.8 Å². The predicted octanol–water partition coefficient (Wildman–Crippen LogP) is 12.5. The van der Waals surface area contributed by atoms with Gasteiger partial charge in [-0.15, -0.1) is 23.5 Å². The summed E-state index contributed by atoms with van der Waals surface area (Å²) in [4.78, 5) is 2.12. The summed E-state index contributed by atoms with van der Waals surface area (Å²) in [5, 5.41) is 41.5. The molecule has 0 aliphatic carbocycles. The second-order valence-electron chi connectivity index (χ2n) is 16.8. The average molecular weight is 909 g/mol. The number of aromatic nitrogens is 2. The monoisotopic (exact) mass is 908 g/mol. The molecule has 2 atom stereocenters. The van der Waals surface area contributed by atoms with E-state index in [2.05, 4.69) is 188 Å². The highest BCUT2D eigenvalue weighted by molar-refractivity contribution is 8.00. The summed E-state index contributed by atoms with van der Waals surface area (Å²) in [6.07, 6.45) is 2.49. The molecule has 2 heterocycles. The van der Waals surface area contributed by atoms with Crippen LogP contribution in [0.4, 0.5) is 11.4 Å². The summed E-state index contributed by atoms with van der Waals surface area (Å²) in [5.41, 5.74) is 11.1. The molecule has 0 aliphatic heterocycles. The van der Waals surface area contributed by atoms with Gasteiger partial charge in [-0.1, -0.05) is 90.0 Å². The van der Waals surface area contributed by atoms with Crippen LogP contribution >= 0.6 is 23.5 Å². The molecule has 10 heteroatoms. The van der Waals surface area contributed by atoms with E-state index in [4.69, 9.17) is 10.2 Å². The lowest BCUT2D eigenvalue weighted by molar-refractivity contribution is 0.204. The molecule has 0 radical (unpaired) electrons. The van der Waals surface area contributed by atoms with Crippen molar-refractivity contribution in [2.24, 2.45) is 10.2 Å². The first kappa shape index (κ1) is 44.9. The first-order chi connectivity index (χ1) is 32.2. The van der Waals surface area contributed by atoms with Crippen LogP contribution in [0.2, 0.25) is 0 Å². The summed E-state index contributed by atoms with van der Waals surface area (Å²) < 4.78 is 4.70. The largest absolute Gasteiger partial charge is 0.390 e.